The maximum atomic E-state index is 12.9. The summed E-state index contributed by atoms with van der Waals surface area (Å²) in [7, 11) is 0. The van der Waals surface area contributed by atoms with E-state index in [-0.39, 0.29) is 29.3 Å². The lowest BCUT2D eigenvalue weighted by Gasteiger charge is -2.15. The number of carbonyl (C=O) groups is 1. The first-order chi connectivity index (χ1) is 7.41. The number of nitrogens with two attached hydrogens (primary N) is 1. The van der Waals surface area contributed by atoms with Gasteiger partial charge in [-0.3, -0.25) is 4.79 Å². The Morgan fingerprint density at radius 1 is 1.47 bits per heavy atom. The molecular weight excluding hydrogens is 266 g/mol. The van der Waals surface area contributed by atoms with Crippen molar-refractivity contribution in [1.82, 2.24) is 0 Å². The monoisotopic (exact) mass is 280 g/mol. The molecule has 0 spiro atoms. The van der Waals surface area contributed by atoms with Gasteiger partial charge >= 0.3 is 0 Å². The van der Waals surface area contributed by atoms with Gasteiger partial charge in [0.25, 0.3) is 0 Å². The highest BCUT2D eigenvalue weighted by Gasteiger charge is 2.17. The minimum absolute atomic E-state index is 0. The minimum atomic E-state index is -0.594. The summed E-state index contributed by atoms with van der Waals surface area (Å²) in [5.74, 6) is -0.790. The molecule has 0 aliphatic carbocycles. The Kier molecular flexibility index (Phi) is 6.45. The lowest BCUT2D eigenvalue weighted by molar-refractivity contribution is -0.118. The lowest BCUT2D eigenvalue weighted by Crippen LogP contribution is -2.39. The summed E-state index contributed by atoms with van der Waals surface area (Å²) >= 11 is 5.58. The van der Waals surface area contributed by atoms with E-state index in [1.807, 2.05) is 13.8 Å². The third kappa shape index (κ3) is 4.50. The van der Waals surface area contributed by atoms with Crippen LogP contribution in [-0.4, -0.2) is 11.9 Å². The molecule has 0 bridgehead atoms. The second-order valence-electron chi connectivity index (χ2n) is 3.89. The topological polar surface area (TPSA) is 55.1 Å². The standard InChI is InChI=1S/C11H14ClFN2O.ClH/c1-6(2)10(14)11(16)15-7-3-4-9(13)8(12)5-7;/h3-6,10H,14H2,1-2H3,(H,15,16);1H/t10-;/m1./s1. The molecule has 0 saturated heterocycles. The maximum Gasteiger partial charge on any atom is 0.241 e. The van der Waals surface area contributed by atoms with E-state index in [4.69, 9.17) is 17.3 Å². The number of nitrogens with one attached hydrogen (secondary N) is 1. The number of halogens is 3. The molecule has 0 radical (unpaired) electrons. The molecule has 0 saturated carbocycles. The van der Waals surface area contributed by atoms with Gasteiger partial charge in [-0.2, -0.15) is 0 Å². The van der Waals surface area contributed by atoms with Crippen LogP contribution in [0.3, 0.4) is 0 Å². The molecule has 0 unspecified atom stereocenters. The zero-order chi connectivity index (χ0) is 12.3. The fourth-order valence-electron chi connectivity index (χ4n) is 1.10. The molecule has 0 aromatic heterocycles. The molecule has 1 aromatic rings. The predicted octanol–water partition coefficient (Wildman–Crippen LogP) is 2.82. The van der Waals surface area contributed by atoms with Crippen molar-refractivity contribution in [3.63, 3.8) is 0 Å². The molecule has 1 rings (SSSR count). The molecule has 0 aliphatic rings. The fraction of sp³-hybridized carbons (Fsp3) is 0.364. The molecule has 6 heteroatoms. The molecule has 1 amide bonds. The average molecular weight is 281 g/mol. The van der Waals surface area contributed by atoms with Gasteiger partial charge in [-0.05, 0) is 24.1 Å². The first-order valence-corrected chi connectivity index (χ1v) is 5.31. The Morgan fingerprint density at radius 2 is 2.06 bits per heavy atom. The Hall–Kier alpha value is -0.840. The molecule has 0 fully saturated rings. The second kappa shape index (κ2) is 6.79. The Bertz CT molecular complexity index is 399. The normalized spacial score (nSPS) is 11.9. The van der Waals surface area contributed by atoms with Crippen LogP contribution >= 0.6 is 24.0 Å². The van der Waals surface area contributed by atoms with Crippen LogP contribution in [0.4, 0.5) is 10.1 Å². The van der Waals surface area contributed by atoms with Crippen molar-refractivity contribution in [1.29, 1.82) is 0 Å². The van der Waals surface area contributed by atoms with Crippen LogP contribution in [0.25, 0.3) is 0 Å². The van der Waals surface area contributed by atoms with E-state index in [0.29, 0.717) is 5.69 Å². The molecule has 1 aromatic carbocycles. The van der Waals surface area contributed by atoms with Gasteiger partial charge in [-0.25, -0.2) is 4.39 Å². The molecule has 3 N–H and O–H groups in total. The number of benzene rings is 1. The zero-order valence-electron chi connectivity index (χ0n) is 9.54. The van der Waals surface area contributed by atoms with Crippen LogP contribution in [-0.2, 0) is 4.79 Å². The number of hydrogen-bond acceptors (Lipinski definition) is 2. The number of anilines is 1. The summed E-state index contributed by atoms with van der Waals surface area (Å²) in [6.07, 6.45) is 0. The van der Waals surface area contributed by atoms with Crippen LogP contribution in [0.2, 0.25) is 5.02 Å². The van der Waals surface area contributed by atoms with Gasteiger partial charge in [0.2, 0.25) is 5.91 Å². The number of hydrogen-bond donors (Lipinski definition) is 2. The lowest BCUT2D eigenvalue weighted by atomic mass is 10.1. The van der Waals surface area contributed by atoms with Gasteiger partial charge in [0.15, 0.2) is 0 Å². The largest absolute Gasteiger partial charge is 0.325 e. The average Bonchev–Trinajstić information content (AvgIpc) is 2.22. The highest BCUT2D eigenvalue weighted by atomic mass is 35.5. The number of carbonyl (C=O) groups excluding carboxylic acids is 1. The summed E-state index contributed by atoms with van der Waals surface area (Å²) < 4.78 is 12.9. The van der Waals surface area contributed by atoms with Crippen molar-refractivity contribution >= 4 is 35.6 Å². The Morgan fingerprint density at radius 3 is 2.53 bits per heavy atom. The smallest absolute Gasteiger partial charge is 0.241 e. The van der Waals surface area contributed by atoms with Crippen LogP contribution in [0.5, 0.6) is 0 Å². The summed E-state index contributed by atoms with van der Waals surface area (Å²) in [5.41, 5.74) is 6.09. The third-order valence-corrected chi connectivity index (χ3v) is 2.50. The van der Waals surface area contributed by atoms with Gasteiger partial charge < -0.3 is 11.1 Å². The highest BCUT2D eigenvalue weighted by Crippen LogP contribution is 2.19. The van der Waals surface area contributed by atoms with Crippen LogP contribution in [0.1, 0.15) is 13.8 Å². The molecule has 3 nitrogen and oxygen atoms in total. The van der Waals surface area contributed by atoms with E-state index in [2.05, 4.69) is 5.32 Å². The van der Waals surface area contributed by atoms with Gasteiger partial charge in [0.1, 0.15) is 5.82 Å². The minimum Gasteiger partial charge on any atom is -0.325 e. The van der Waals surface area contributed by atoms with Crippen molar-refractivity contribution < 1.29 is 9.18 Å². The molecular formula is C11H15Cl2FN2O. The number of amides is 1. The van der Waals surface area contributed by atoms with E-state index in [9.17, 15) is 9.18 Å². The SMILES string of the molecule is CC(C)[C@@H](N)C(=O)Nc1ccc(F)c(Cl)c1.Cl. The predicted molar refractivity (Wildman–Crippen MR) is 70.1 cm³/mol. The third-order valence-electron chi connectivity index (χ3n) is 2.21. The number of rotatable bonds is 3. The summed E-state index contributed by atoms with van der Waals surface area (Å²) in [5, 5.41) is 2.54. The molecule has 0 aliphatic heterocycles. The van der Waals surface area contributed by atoms with Crippen molar-refractivity contribution in [2.24, 2.45) is 11.7 Å². The summed E-state index contributed by atoms with van der Waals surface area (Å²) in [4.78, 5) is 11.6. The van der Waals surface area contributed by atoms with Gasteiger partial charge in [-0.1, -0.05) is 25.4 Å². The summed E-state index contributed by atoms with van der Waals surface area (Å²) in [6, 6.07) is 3.39. The highest BCUT2D eigenvalue weighted by molar-refractivity contribution is 6.31. The molecule has 17 heavy (non-hydrogen) atoms. The van der Waals surface area contributed by atoms with Crippen molar-refractivity contribution in [2.45, 2.75) is 19.9 Å². The van der Waals surface area contributed by atoms with E-state index >= 15 is 0 Å². The second-order valence-corrected chi connectivity index (χ2v) is 4.30. The first kappa shape index (κ1) is 16.2. The van der Waals surface area contributed by atoms with E-state index < -0.39 is 11.9 Å². The van der Waals surface area contributed by atoms with Gasteiger partial charge in [0.05, 0.1) is 11.1 Å². The van der Waals surface area contributed by atoms with E-state index in [0.717, 1.165) is 0 Å². The maximum absolute atomic E-state index is 12.9. The Balaban J connectivity index is 0.00000256. The molecule has 0 heterocycles. The fourth-order valence-corrected chi connectivity index (χ4v) is 1.28. The molecule has 1 atom stereocenters. The van der Waals surface area contributed by atoms with Crippen LogP contribution in [0.15, 0.2) is 18.2 Å². The van der Waals surface area contributed by atoms with Gasteiger partial charge in [-0.15, -0.1) is 12.4 Å². The van der Waals surface area contributed by atoms with Crippen LogP contribution in [0, 0.1) is 11.7 Å². The van der Waals surface area contributed by atoms with Crippen molar-refractivity contribution in [3.8, 4) is 0 Å². The Labute approximate surface area is 111 Å². The first-order valence-electron chi connectivity index (χ1n) is 4.93. The van der Waals surface area contributed by atoms with Crippen molar-refractivity contribution in [2.75, 3.05) is 5.32 Å². The quantitative estimate of drug-likeness (QED) is 0.895. The molecule has 96 valence electrons. The van der Waals surface area contributed by atoms with Crippen molar-refractivity contribution in [3.05, 3.63) is 29.0 Å². The van der Waals surface area contributed by atoms with Crippen LogP contribution < -0.4 is 11.1 Å². The zero-order valence-corrected chi connectivity index (χ0v) is 11.1. The summed E-state index contributed by atoms with van der Waals surface area (Å²) in [6.45, 7) is 3.70. The van der Waals surface area contributed by atoms with E-state index in [1.165, 1.54) is 18.2 Å². The van der Waals surface area contributed by atoms with E-state index in [1.54, 1.807) is 0 Å². The van der Waals surface area contributed by atoms with Gasteiger partial charge in [0, 0.05) is 5.69 Å².